The Morgan fingerprint density at radius 3 is 2.94 bits per heavy atom. The number of rotatable bonds is 3. The normalized spacial score (nSPS) is 17.6. The van der Waals surface area contributed by atoms with Crippen molar-refractivity contribution in [2.75, 3.05) is 13.1 Å². The Bertz CT molecular complexity index is 483. The molecule has 1 aliphatic heterocycles. The van der Waals surface area contributed by atoms with Crippen LogP contribution in [0.15, 0.2) is 30.6 Å². The third kappa shape index (κ3) is 2.34. The number of aromatic nitrogens is 2. The third-order valence-corrected chi connectivity index (χ3v) is 3.76. The summed E-state index contributed by atoms with van der Waals surface area (Å²) in [6.45, 7) is 3.48. The molecule has 3 nitrogen and oxygen atoms in total. The van der Waals surface area contributed by atoms with Crippen molar-refractivity contribution < 1.29 is 0 Å². The fraction of sp³-hybridized carbons (Fsp3) is 0.500. The van der Waals surface area contributed by atoms with E-state index >= 15 is 0 Å². The lowest BCUT2D eigenvalue weighted by atomic mass is 9.95. The molecular weight excluding hydrogens is 210 g/mol. The van der Waals surface area contributed by atoms with Crippen LogP contribution < -0.4 is 5.32 Å². The second-order valence-electron chi connectivity index (χ2n) is 4.91. The van der Waals surface area contributed by atoms with Crippen LogP contribution in [0, 0.1) is 5.92 Å². The number of nitrogens with one attached hydrogen (secondary N) is 1. The van der Waals surface area contributed by atoms with Crippen LogP contribution in [0.25, 0.3) is 11.0 Å². The zero-order valence-electron chi connectivity index (χ0n) is 10.1. The molecule has 2 heterocycles. The molecule has 3 rings (SSSR count). The maximum absolute atomic E-state index is 4.43. The fourth-order valence-corrected chi connectivity index (χ4v) is 2.68. The number of fused-ring (bicyclic) bond motifs is 1. The Labute approximate surface area is 102 Å². The maximum atomic E-state index is 4.43. The second-order valence-corrected chi connectivity index (χ2v) is 4.91. The second kappa shape index (κ2) is 4.88. The van der Waals surface area contributed by atoms with Gasteiger partial charge in [0.2, 0.25) is 0 Å². The van der Waals surface area contributed by atoms with Crippen LogP contribution in [-0.4, -0.2) is 22.6 Å². The average molecular weight is 229 g/mol. The van der Waals surface area contributed by atoms with Crippen molar-refractivity contribution in [2.24, 2.45) is 5.92 Å². The first-order valence-electron chi connectivity index (χ1n) is 6.54. The minimum absolute atomic E-state index is 0.886. The molecule has 0 aliphatic carbocycles. The molecule has 0 bridgehead atoms. The Kier molecular flexibility index (Phi) is 3.10. The largest absolute Gasteiger partial charge is 0.331 e. The molecule has 1 N–H and O–H groups in total. The van der Waals surface area contributed by atoms with Crippen molar-refractivity contribution in [3.63, 3.8) is 0 Å². The van der Waals surface area contributed by atoms with Crippen LogP contribution in [0.4, 0.5) is 0 Å². The molecular formula is C14H19N3. The molecule has 0 unspecified atom stereocenters. The fourth-order valence-electron chi connectivity index (χ4n) is 2.68. The van der Waals surface area contributed by atoms with Crippen molar-refractivity contribution >= 4 is 11.0 Å². The third-order valence-electron chi connectivity index (χ3n) is 3.76. The lowest BCUT2D eigenvalue weighted by Gasteiger charge is -2.22. The molecule has 0 atom stereocenters. The maximum Gasteiger partial charge on any atom is 0.0958 e. The summed E-state index contributed by atoms with van der Waals surface area (Å²) in [6.07, 6.45) is 5.91. The van der Waals surface area contributed by atoms with Crippen LogP contribution in [-0.2, 0) is 6.54 Å². The van der Waals surface area contributed by atoms with E-state index in [2.05, 4.69) is 33.1 Å². The minimum atomic E-state index is 0.886. The molecule has 1 aromatic carbocycles. The molecule has 2 aromatic rings. The topological polar surface area (TPSA) is 29.9 Å². The zero-order chi connectivity index (χ0) is 11.5. The summed E-state index contributed by atoms with van der Waals surface area (Å²) in [6, 6.07) is 8.37. The Balaban J connectivity index is 1.68. The lowest BCUT2D eigenvalue weighted by Crippen LogP contribution is -2.28. The molecule has 1 saturated heterocycles. The monoisotopic (exact) mass is 229 g/mol. The first kappa shape index (κ1) is 10.8. The molecule has 1 fully saturated rings. The highest BCUT2D eigenvalue weighted by Gasteiger charge is 2.13. The number of hydrogen-bond donors (Lipinski definition) is 1. The van der Waals surface area contributed by atoms with E-state index in [0.717, 1.165) is 18.0 Å². The SMILES string of the molecule is c1ccc2c(c1)ncn2CCC1CCNCC1. The van der Waals surface area contributed by atoms with Crippen LogP contribution in [0.1, 0.15) is 19.3 Å². The summed E-state index contributed by atoms with van der Waals surface area (Å²) in [4.78, 5) is 4.43. The van der Waals surface area contributed by atoms with Gasteiger partial charge in [-0.2, -0.15) is 0 Å². The van der Waals surface area contributed by atoms with Gasteiger partial charge in [-0.3, -0.25) is 0 Å². The van der Waals surface area contributed by atoms with Gasteiger partial charge in [0.1, 0.15) is 0 Å². The predicted octanol–water partition coefficient (Wildman–Crippen LogP) is 2.43. The van der Waals surface area contributed by atoms with Gasteiger partial charge in [0.25, 0.3) is 0 Å². The molecule has 17 heavy (non-hydrogen) atoms. The van der Waals surface area contributed by atoms with E-state index in [1.807, 2.05) is 12.4 Å². The Hall–Kier alpha value is -1.35. The van der Waals surface area contributed by atoms with Gasteiger partial charge >= 0.3 is 0 Å². The average Bonchev–Trinajstić information content (AvgIpc) is 2.81. The highest BCUT2D eigenvalue weighted by molar-refractivity contribution is 5.74. The molecule has 90 valence electrons. The van der Waals surface area contributed by atoms with Gasteiger partial charge in [-0.15, -0.1) is 0 Å². The standard InChI is InChI=1S/C14H19N3/c1-2-4-14-13(3-1)16-11-17(14)10-7-12-5-8-15-9-6-12/h1-4,11-12,15H,5-10H2. The van der Waals surface area contributed by atoms with Crippen molar-refractivity contribution in [1.29, 1.82) is 0 Å². The van der Waals surface area contributed by atoms with Gasteiger partial charge in [-0.25, -0.2) is 4.98 Å². The first-order valence-corrected chi connectivity index (χ1v) is 6.54. The number of benzene rings is 1. The van der Waals surface area contributed by atoms with E-state index in [1.165, 1.54) is 37.9 Å². The summed E-state index contributed by atoms with van der Waals surface area (Å²) in [7, 11) is 0. The number of nitrogens with zero attached hydrogens (tertiary/aromatic N) is 2. The highest BCUT2D eigenvalue weighted by atomic mass is 15.0. The van der Waals surface area contributed by atoms with E-state index in [4.69, 9.17) is 0 Å². The van der Waals surface area contributed by atoms with Crippen molar-refractivity contribution in [3.05, 3.63) is 30.6 Å². The zero-order valence-corrected chi connectivity index (χ0v) is 10.1. The molecule has 0 spiro atoms. The predicted molar refractivity (Wildman–Crippen MR) is 69.9 cm³/mol. The quantitative estimate of drug-likeness (QED) is 0.876. The van der Waals surface area contributed by atoms with Crippen LogP contribution in [0.2, 0.25) is 0 Å². The van der Waals surface area contributed by atoms with Crippen LogP contribution in [0.3, 0.4) is 0 Å². The molecule has 1 aromatic heterocycles. The van der Waals surface area contributed by atoms with E-state index in [0.29, 0.717) is 0 Å². The van der Waals surface area contributed by atoms with E-state index in [1.54, 1.807) is 0 Å². The molecule has 0 amide bonds. The van der Waals surface area contributed by atoms with Crippen molar-refractivity contribution in [3.8, 4) is 0 Å². The summed E-state index contributed by atoms with van der Waals surface area (Å²) in [5.74, 6) is 0.886. The van der Waals surface area contributed by atoms with Gasteiger partial charge in [0.05, 0.1) is 17.4 Å². The molecule has 0 saturated carbocycles. The minimum Gasteiger partial charge on any atom is -0.331 e. The van der Waals surface area contributed by atoms with Gasteiger partial charge in [-0.05, 0) is 50.4 Å². The lowest BCUT2D eigenvalue weighted by molar-refractivity contribution is 0.339. The van der Waals surface area contributed by atoms with E-state index in [9.17, 15) is 0 Å². The number of aryl methyl sites for hydroxylation is 1. The number of imidazole rings is 1. The smallest absolute Gasteiger partial charge is 0.0958 e. The van der Waals surface area contributed by atoms with Crippen molar-refractivity contribution in [1.82, 2.24) is 14.9 Å². The summed E-state index contributed by atoms with van der Waals surface area (Å²) in [5.41, 5.74) is 2.37. The van der Waals surface area contributed by atoms with Gasteiger partial charge < -0.3 is 9.88 Å². The van der Waals surface area contributed by atoms with Gasteiger partial charge in [-0.1, -0.05) is 12.1 Å². The summed E-state index contributed by atoms with van der Waals surface area (Å²) in [5, 5.41) is 3.42. The number of hydrogen-bond acceptors (Lipinski definition) is 2. The van der Waals surface area contributed by atoms with Gasteiger partial charge in [0.15, 0.2) is 0 Å². The van der Waals surface area contributed by atoms with Crippen LogP contribution >= 0.6 is 0 Å². The summed E-state index contributed by atoms with van der Waals surface area (Å²) >= 11 is 0. The number of para-hydroxylation sites is 2. The number of piperidine rings is 1. The van der Waals surface area contributed by atoms with E-state index < -0.39 is 0 Å². The highest BCUT2D eigenvalue weighted by Crippen LogP contribution is 2.19. The van der Waals surface area contributed by atoms with Gasteiger partial charge in [0, 0.05) is 6.54 Å². The van der Waals surface area contributed by atoms with Crippen molar-refractivity contribution in [2.45, 2.75) is 25.8 Å². The first-order chi connectivity index (χ1) is 8.43. The Morgan fingerprint density at radius 2 is 2.06 bits per heavy atom. The Morgan fingerprint density at radius 1 is 1.24 bits per heavy atom. The molecule has 1 aliphatic rings. The molecule has 3 heteroatoms. The summed E-state index contributed by atoms with van der Waals surface area (Å²) < 4.78 is 2.29. The van der Waals surface area contributed by atoms with E-state index in [-0.39, 0.29) is 0 Å². The van der Waals surface area contributed by atoms with Crippen LogP contribution in [0.5, 0.6) is 0 Å². The molecule has 0 radical (unpaired) electrons.